The van der Waals surface area contributed by atoms with Gasteiger partial charge in [-0.05, 0) is 88.3 Å². The number of benzene rings is 2. The van der Waals surface area contributed by atoms with Gasteiger partial charge in [-0.25, -0.2) is 9.97 Å². The number of pyridine rings is 2. The van der Waals surface area contributed by atoms with Crippen molar-refractivity contribution in [3.8, 4) is 11.6 Å². The van der Waals surface area contributed by atoms with Gasteiger partial charge in [0.2, 0.25) is 5.88 Å². The Bertz CT molecular complexity index is 1640. The van der Waals surface area contributed by atoms with E-state index in [0.29, 0.717) is 22.9 Å². The molecule has 10 nitrogen and oxygen atoms in total. The average Bonchev–Trinajstić information content (AvgIpc) is 3.64. The number of rotatable bonds is 7. The molecule has 6 rings (SSSR count). The first kappa shape index (κ1) is 30.2. The highest BCUT2D eigenvalue weighted by Crippen LogP contribution is 2.37. The van der Waals surface area contributed by atoms with Crippen molar-refractivity contribution in [3.63, 3.8) is 0 Å². The summed E-state index contributed by atoms with van der Waals surface area (Å²) < 4.78 is 31.3. The molecular weight excluding hydrogens is 578 g/mol. The summed E-state index contributed by atoms with van der Waals surface area (Å²) in [4.78, 5) is 14.4. The van der Waals surface area contributed by atoms with Crippen LogP contribution in [-0.2, 0) is 23.2 Å². The van der Waals surface area contributed by atoms with Crippen molar-refractivity contribution in [1.29, 1.82) is 0 Å². The lowest BCUT2D eigenvalue weighted by Crippen LogP contribution is -2.20. The molecule has 0 radical (unpaired) electrons. The highest BCUT2D eigenvalue weighted by molar-refractivity contribution is 7.85. The molecule has 2 saturated heterocycles. The Labute approximate surface area is 251 Å². The minimum Gasteiger partial charge on any atom is -0.507 e. The molecule has 12 heteroatoms. The van der Waals surface area contributed by atoms with Crippen molar-refractivity contribution < 1.29 is 22.8 Å². The minimum atomic E-state index is -3.67. The quantitative estimate of drug-likeness (QED) is 0.138. The van der Waals surface area contributed by atoms with Gasteiger partial charge in [0.1, 0.15) is 11.3 Å². The molecule has 2 aromatic heterocycles. The van der Waals surface area contributed by atoms with Crippen LogP contribution in [0.3, 0.4) is 0 Å². The second kappa shape index (κ2) is 13.0. The fraction of sp³-hybridized carbons (Fsp3) is 0.400. The van der Waals surface area contributed by atoms with Gasteiger partial charge >= 0.3 is 0 Å². The lowest BCUT2D eigenvalue weighted by molar-refractivity contribution is 0.312. The highest BCUT2D eigenvalue weighted by Gasteiger charge is 2.21. The van der Waals surface area contributed by atoms with Crippen LogP contribution in [0.15, 0.2) is 42.5 Å². The second-order valence-corrected chi connectivity index (χ2v) is 12.7. The summed E-state index contributed by atoms with van der Waals surface area (Å²) in [7, 11) is -2.05. The Morgan fingerprint density at radius 3 is 2.02 bits per heavy atom. The van der Waals surface area contributed by atoms with Crippen molar-refractivity contribution in [2.75, 3.05) is 44.9 Å². The summed E-state index contributed by atoms with van der Waals surface area (Å²) in [6.07, 6.45) is 5.57. The Morgan fingerprint density at radius 1 is 0.905 bits per heavy atom. The van der Waals surface area contributed by atoms with E-state index in [4.69, 9.17) is 30.9 Å². The van der Waals surface area contributed by atoms with Gasteiger partial charge in [-0.1, -0.05) is 11.6 Å². The summed E-state index contributed by atoms with van der Waals surface area (Å²) in [5.41, 5.74) is 5.96. The average molecular weight is 614 g/mol. The van der Waals surface area contributed by atoms with Crippen LogP contribution in [0.1, 0.15) is 36.8 Å². The Kier molecular flexibility index (Phi) is 9.34. The normalized spacial score (nSPS) is 16.1. The molecule has 2 fully saturated rings. The lowest BCUT2D eigenvalue weighted by atomic mass is 10.0. The van der Waals surface area contributed by atoms with E-state index in [1.54, 1.807) is 7.11 Å². The van der Waals surface area contributed by atoms with E-state index in [1.165, 1.54) is 25.7 Å². The number of aromatic nitrogens is 2. The predicted octanol–water partition coefficient (Wildman–Crippen LogP) is 5.59. The van der Waals surface area contributed by atoms with Crippen LogP contribution >= 0.6 is 11.6 Å². The number of nitrogens with zero attached hydrogens (tertiary/aromatic N) is 4. The summed E-state index contributed by atoms with van der Waals surface area (Å²) in [6.45, 7) is 5.78. The number of nitrogens with one attached hydrogen (secondary N) is 1. The SMILES string of the molecule is COc1ccc2nc3cc(Cl)ccc3c(Nc3cc(CN4CCCC4)c(O)c(CN4CCCC4)c3)c2n1.CS(=O)(=O)O. The fourth-order valence-electron chi connectivity index (χ4n) is 5.60. The Morgan fingerprint density at radius 2 is 1.48 bits per heavy atom. The molecule has 0 aliphatic carbocycles. The number of phenolic OH excluding ortho intramolecular Hbond substituents is 1. The van der Waals surface area contributed by atoms with Gasteiger partial charge in [-0.15, -0.1) is 0 Å². The summed E-state index contributed by atoms with van der Waals surface area (Å²) >= 11 is 6.32. The molecule has 0 spiro atoms. The minimum absolute atomic E-state index is 0.417. The van der Waals surface area contributed by atoms with Crippen LogP contribution in [0.4, 0.5) is 11.4 Å². The summed E-state index contributed by atoms with van der Waals surface area (Å²) in [5.74, 6) is 0.946. The van der Waals surface area contributed by atoms with Gasteiger partial charge in [-0.3, -0.25) is 14.4 Å². The predicted molar refractivity (Wildman–Crippen MR) is 166 cm³/mol. The zero-order chi connectivity index (χ0) is 29.9. The molecule has 0 atom stereocenters. The third-order valence-corrected chi connectivity index (χ3v) is 7.72. The Balaban J connectivity index is 0.000000652. The number of phenols is 1. The van der Waals surface area contributed by atoms with Crippen molar-refractivity contribution in [3.05, 3.63) is 58.6 Å². The zero-order valence-electron chi connectivity index (χ0n) is 23.8. The van der Waals surface area contributed by atoms with Crippen LogP contribution in [-0.4, -0.2) is 77.4 Å². The molecular formula is C30H36ClN5O5S. The van der Waals surface area contributed by atoms with E-state index in [9.17, 15) is 13.5 Å². The fourth-order valence-corrected chi connectivity index (χ4v) is 5.76. The molecule has 3 N–H and O–H groups in total. The molecule has 2 aromatic carbocycles. The van der Waals surface area contributed by atoms with Crippen LogP contribution in [0, 0.1) is 0 Å². The molecule has 0 bridgehead atoms. The monoisotopic (exact) mass is 613 g/mol. The number of halogens is 1. The van der Waals surface area contributed by atoms with E-state index in [0.717, 1.165) is 83.7 Å². The molecule has 4 aromatic rings. The van der Waals surface area contributed by atoms with E-state index < -0.39 is 10.1 Å². The van der Waals surface area contributed by atoms with E-state index >= 15 is 0 Å². The van der Waals surface area contributed by atoms with E-state index in [-0.39, 0.29) is 0 Å². The second-order valence-electron chi connectivity index (χ2n) is 10.8. The number of anilines is 2. The van der Waals surface area contributed by atoms with Gasteiger partial charge < -0.3 is 15.2 Å². The van der Waals surface area contributed by atoms with Crippen LogP contribution < -0.4 is 10.1 Å². The standard InChI is InChI=1S/C29H32ClN5O2.CH4O3S/c1-37-26-9-8-24-28(33-26)27(23-7-6-21(30)16-25(23)32-24)31-22-14-19(17-34-10-2-3-11-34)29(36)20(15-22)18-35-12-4-5-13-35;1-5(2,3)4/h6-9,14-16,36H,2-5,10-13,17-18H2,1H3,(H,31,32);1H3,(H,2,3,4). The third kappa shape index (κ3) is 7.59. The van der Waals surface area contributed by atoms with Crippen molar-refractivity contribution in [2.24, 2.45) is 0 Å². The molecule has 2 aliphatic heterocycles. The highest BCUT2D eigenvalue weighted by atomic mass is 35.5. The topological polar surface area (TPSA) is 128 Å². The maximum atomic E-state index is 11.3. The third-order valence-electron chi connectivity index (χ3n) is 7.49. The Hall–Kier alpha value is -3.22. The molecule has 42 heavy (non-hydrogen) atoms. The van der Waals surface area contributed by atoms with Gasteiger partial charge in [0.25, 0.3) is 10.1 Å². The van der Waals surface area contributed by atoms with E-state index in [2.05, 4.69) is 27.2 Å². The molecule has 2 aliphatic rings. The van der Waals surface area contributed by atoms with Crippen molar-refractivity contribution >= 4 is 55.0 Å². The maximum absolute atomic E-state index is 11.3. The first-order valence-electron chi connectivity index (χ1n) is 14.0. The van der Waals surface area contributed by atoms with E-state index in [1.807, 2.05) is 30.3 Å². The van der Waals surface area contributed by atoms with Crippen LogP contribution in [0.25, 0.3) is 21.9 Å². The summed E-state index contributed by atoms with van der Waals surface area (Å²) in [5, 5.41) is 16.5. The van der Waals surface area contributed by atoms with Crippen LogP contribution in [0.5, 0.6) is 11.6 Å². The van der Waals surface area contributed by atoms with Crippen molar-refractivity contribution in [1.82, 2.24) is 19.8 Å². The first-order valence-corrected chi connectivity index (χ1v) is 16.2. The zero-order valence-corrected chi connectivity index (χ0v) is 25.4. The number of hydrogen-bond acceptors (Lipinski definition) is 9. The number of fused-ring (bicyclic) bond motifs is 2. The lowest BCUT2D eigenvalue weighted by Gasteiger charge is -2.22. The maximum Gasteiger partial charge on any atom is 0.261 e. The first-order chi connectivity index (χ1) is 20.1. The smallest absolute Gasteiger partial charge is 0.261 e. The van der Waals surface area contributed by atoms with Gasteiger partial charge in [0.15, 0.2) is 0 Å². The molecule has 224 valence electrons. The van der Waals surface area contributed by atoms with Gasteiger partial charge in [0.05, 0.1) is 30.1 Å². The van der Waals surface area contributed by atoms with Gasteiger partial charge in [0, 0.05) is 46.4 Å². The number of aromatic hydroxyl groups is 1. The number of hydrogen-bond donors (Lipinski definition) is 3. The number of likely N-dealkylation sites (tertiary alicyclic amines) is 2. The molecule has 4 heterocycles. The number of methoxy groups -OCH3 is 1. The van der Waals surface area contributed by atoms with Gasteiger partial charge in [-0.2, -0.15) is 8.42 Å². The molecule has 0 saturated carbocycles. The number of ether oxygens (including phenoxy) is 1. The molecule has 0 amide bonds. The van der Waals surface area contributed by atoms with Crippen molar-refractivity contribution in [2.45, 2.75) is 38.8 Å². The largest absolute Gasteiger partial charge is 0.507 e. The van der Waals surface area contributed by atoms with Crippen LogP contribution in [0.2, 0.25) is 5.02 Å². The summed E-state index contributed by atoms with van der Waals surface area (Å²) in [6, 6.07) is 13.6. The molecule has 0 unspecified atom stereocenters.